The average Bonchev–Trinajstić information content (AvgIpc) is 2.87. The Morgan fingerprint density at radius 1 is 1.16 bits per heavy atom. The van der Waals surface area contributed by atoms with Gasteiger partial charge >= 0.3 is 0 Å². The molecule has 0 saturated heterocycles. The van der Waals surface area contributed by atoms with Gasteiger partial charge in [-0.1, -0.05) is 12.1 Å². The van der Waals surface area contributed by atoms with Crippen molar-refractivity contribution in [1.29, 1.82) is 0 Å². The second-order valence-corrected chi connectivity index (χ2v) is 7.09. The molecule has 0 fully saturated rings. The third kappa shape index (κ3) is 3.48. The van der Waals surface area contributed by atoms with Crippen LogP contribution in [0, 0.1) is 0 Å². The Hall–Kier alpha value is -2.87. The summed E-state index contributed by atoms with van der Waals surface area (Å²) in [6, 6.07) is 13.5. The number of amidine groups is 1. The number of nitrogens with zero attached hydrogens (tertiary/aromatic N) is 2. The number of benzene rings is 2. The molecule has 1 N–H and O–H groups in total. The van der Waals surface area contributed by atoms with Gasteiger partial charge < -0.3 is 15.0 Å². The van der Waals surface area contributed by atoms with Crippen LogP contribution in [-0.4, -0.2) is 45.8 Å². The Balaban J connectivity index is 1.72. The van der Waals surface area contributed by atoms with Crippen molar-refractivity contribution >= 4 is 27.5 Å². The quantitative estimate of drug-likeness (QED) is 0.898. The number of hydrogen-bond donors (Lipinski definition) is 1. The lowest BCUT2D eigenvalue weighted by atomic mass is 10.2. The lowest BCUT2D eigenvalue weighted by Gasteiger charge is -2.18. The number of fused-ring (bicyclic) bond motifs is 1. The average molecular weight is 359 g/mol. The highest BCUT2D eigenvalue weighted by molar-refractivity contribution is 7.90. The first-order valence-corrected chi connectivity index (χ1v) is 8.94. The fourth-order valence-corrected chi connectivity index (χ4v) is 3.78. The molecule has 1 heterocycles. The topological polar surface area (TPSA) is 88.1 Å². The van der Waals surface area contributed by atoms with Crippen LogP contribution in [-0.2, 0) is 14.8 Å². The number of carbonyl (C=O) groups excluding carboxylic acids is 1. The van der Waals surface area contributed by atoms with Gasteiger partial charge in [-0.05, 0) is 36.4 Å². The molecule has 0 atom stereocenters. The largest absolute Gasteiger partial charge is 0.497 e. The first kappa shape index (κ1) is 17.0. The SMILES string of the molecule is COc1ccc(NC(=O)CN(C)C2=NS(=O)(=O)c3ccccc32)cc1. The first-order chi connectivity index (χ1) is 11.9. The van der Waals surface area contributed by atoms with Gasteiger partial charge in [-0.3, -0.25) is 4.79 Å². The number of nitrogens with one attached hydrogen (secondary N) is 1. The van der Waals surface area contributed by atoms with Crippen LogP contribution in [0.15, 0.2) is 57.8 Å². The van der Waals surface area contributed by atoms with E-state index in [-0.39, 0.29) is 23.2 Å². The molecular weight excluding hydrogens is 342 g/mol. The number of likely N-dealkylation sites (N-methyl/N-ethyl adjacent to an activating group) is 1. The van der Waals surface area contributed by atoms with E-state index in [4.69, 9.17) is 4.74 Å². The van der Waals surface area contributed by atoms with E-state index in [0.29, 0.717) is 17.0 Å². The summed E-state index contributed by atoms with van der Waals surface area (Å²) in [6.07, 6.45) is 0. The highest BCUT2D eigenvalue weighted by Gasteiger charge is 2.30. The summed E-state index contributed by atoms with van der Waals surface area (Å²) >= 11 is 0. The molecule has 0 bridgehead atoms. The van der Waals surface area contributed by atoms with Crippen molar-refractivity contribution in [2.75, 3.05) is 26.0 Å². The molecule has 130 valence electrons. The van der Waals surface area contributed by atoms with E-state index in [1.165, 1.54) is 11.0 Å². The van der Waals surface area contributed by atoms with Crippen molar-refractivity contribution in [2.45, 2.75) is 4.90 Å². The molecule has 0 aromatic heterocycles. The number of anilines is 1. The van der Waals surface area contributed by atoms with Gasteiger partial charge in [0.05, 0.1) is 13.7 Å². The standard InChI is InChI=1S/C17H17N3O4S/c1-20(11-16(21)18-12-7-9-13(24-2)10-8-12)17-14-5-3-4-6-15(14)25(22,23)19-17/h3-10H,11H2,1-2H3,(H,18,21). The summed E-state index contributed by atoms with van der Waals surface area (Å²) in [5.74, 6) is 0.676. The lowest BCUT2D eigenvalue weighted by molar-refractivity contribution is -0.116. The van der Waals surface area contributed by atoms with Crippen LogP contribution in [0.25, 0.3) is 0 Å². The van der Waals surface area contributed by atoms with Crippen LogP contribution in [0.3, 0.4) is 0 Å². The summed E-state index contributed by atoms with van der Waals surface area (Å²) < 4.78 is 33.0. The molecule has 2 aromatic rings. The van der Waals surface area contributed by atoms with Gasteiger partial charge in [-0.2, -0.15) is 8.42 Å². The molecule has 8 heteroatoms. The fourth-order valence-electron chi connectivity index (χ4n) is 2.53. The van der Waals surface area contributed by atoms with Crippen LogP contribution in [0.5, 0.6) is 5.75 Å². The van der Waals surface area contributed by atoms with Crippen molar-refractivity contribution in [1.82, 2.24) is 4.90 Å². The monoisotopic (exact) mass is 359 g/mol. The highest BCUT2D eigenvalue weighted by atomic mass is 32.2. The van der Waals surface area contributed by atoms with Crippen LogP contribution in [0.2, 0.25) is 0 Å². The molecule has 3 rings (SSSR count). The van der Waals surface area contributed by atoms with E-state index in [1.807, 2.05) is 0 Å². The molecule has 1 amide bonds. The zero-order valence-electron chi connectivity index (χ0n) is 13.8. The van der Waals surface area contributed by atoms with Crippen LogP contribution >= 0.6 is 0 Å². The minimum absolute atomic E-state index is 0.0330. The minimum Gasteiger partial charge on any atom is -0.497 e. The predicted octanol–water partition coefficient (Wildman–Crippen LogP) is 1.71. The number of hydrogen-bond acceptors (Lipinski definition) is 5. The second kappa shape index (κ2) is 6.56. The number of sulfonamides is 1. The third-order valence-corrected chi connectivity index (χ3v) is 5.05. The van der Waals surface area contributed by atoms with E-state index in [1.54, 1.807) is 56.6 Å². The van der Waals surface area contributed by atoms with Crippen molar-refractivity contribution in [3.05, 3.63) is 54.1 Å². The van der Waals surface area contributed by atoms with Crippen molar-refractivity contribution in [2.24, 2.45) is 4.40 Å². The summed E-state index contributed by atoms with van der Waals surface area (Å²) in [4.78, 5) is 13.9. The molecule has 0 spiro atoms. The smallest absolute Gasteiger partial charge is 0.285 e. The number of ether oxygens (including phenoxy) is 1. The Morgan fingerprint density at radius 3 is 2.52 bits per heavy atom. The zero-order chi connectivity index (χ0) is 18.0. The Labute approximate surface area is 146 Å². The van der Waals surface area contributed by atoms with E-state index < -0.39 is 10.0 Å². The summed E-state index contributed by atoms with van der Waals surface area (Å²) in [5.41, 5.74) is 1.13. The van der Waals surface area contributed by atoms with E-state index in [2.05, 4.69) is 9.71 Å². The van der Waals surface area contributed by atoms with Crippen LogP contribution < -0.4 is 10.1 Å². The maximum Gasteiger partial charge on any atom is 0.285 e. The molecule has 0 unspecified atom stereocenters. The van der Waals surface area contributed by atoms with Gasteiger partial charge in [0, 0.05) is 18.3 Å². The van der Waals surface area contributed by atoms with Crippen molar-refractivity contribution in [3.63, 3.8) is 0 Å². The lowest BCUT2D eigenvalue weighted by Crippen LogP contribution is -2.34. The molecule has 2 aromatic carbocycles. The number of amides is 1. The maximum atomic E-state index is 12.2. The van der Waals surface area contributed by atoms with Gasteiger partial charge in [0.15, 0.2) is 5.84 Å². The van der Waals surface area contributed by atoms with Crippen LogP contribution in [0.1, 0.15) is 5.56 Å². The van der Waals surface area contributed by atoms with Gasteiger partial charge in [0.1, 0.15) is 10.6 Å². The fraction of sp³-hybridized carbons (Fsp3) is 0.176. The maximum absolute atomic E-state index is 12.2. The Kier molecular flexibility index (Phi) is 4.45. The zero-order valence-corrected chi connectivity index (χ0v) is 14.6. The number of rotatable bonds is 4. The Morgan fingerprint density at radius 2 is 1.84 bits per heavy atom. The molecule has 0 radical (unpaired) electrons. The van der Waals surface area contributed by atoms with Crippen molar-refractivity contribution in [3.8, 4) is 5.75 Å². The van der Waals surface area contributed by atoms with Crippen LogP contribution in [0.4, 0.5) is 5.69 Å². The molecule has 7 nitrogen and oxygen atoms in total. The third-order valence-electron chi connectivity index (χ3n) is 3.73. The summed E-state index contributed by atoms with van der Waals surface area (Å²) in [6.45, 7) is -0.0330. The second-order valence-electron chi connectivity index (χ2n) is 5.52. The van der Waals surface area contributed by atoms with Gasteiger partial charge in [-0.25, -0.2) is 0 Å². The van der Waals surface area contributed by atoms with E-state index in [0.717, 1.165) is 0 Å². The molecule has 1 aliphatic heterocycles. The molecular formula is C17H17N3O4S. The highest BCUT2D eigenvalue weighted by Crippen LogP contribution is 2.26. The normalized spacial score (nSPS) is 14.4. The van der Waals surface area contributed by atoms with Gasteiger partial charge in [0.25, 0.3) is 10.0 Å². The van der Waals surface area contributed by atoms with E-state index in [9.17, 15) is 13.2 Å². The first-order valence-electron chi connectivity index (χ1n) is 7.50. The molecule has 1 aliphatic rings. The van der Waals surface area contributed by atoms with Gasteiger partial charge in [0.2, 0.25) is 5.91 Å². The summed E-state index contributed by atoms with van der Waals surface area (Å²) in [7, 11) is -0.506. The minimum atomic E-state index is -3.70. The number of carbonyl (C=O) groups is 1. The predicted molar refractivity (Wildman–Crippen MR) is 94.4 cm³/mol. The van der Waals surface area contributed by atoms with E-state index >= 15 is 0 Å². The molecule has 0 saturated carbocycles. The summed E-state index contributed by atoms with van der Waals surface area (Å²) in [5, 5.41) is 2.75. The Bertz CT molecular complexity index is 937. The van der Waals surface area contributed by atoms with Crippen molar-refractivity contribution < 1.29 is 17.9 Å². The molecule has 0 aliphatic carbocycles. The van der Waals surface area contributed by atoms with Gasteiger partial charge in [-0.15, -0.1) is 4.40 Å². The number of methoxy groups -OCH3 is 1. The molecule has 25 heavy (non-hydrogen) atoms.